The molecule has 0 radical (unpaired) electrons. The standard InChI is InChI=1S/C9H7BrN2O/c10-7-3-1-6(2-4-7)8-5-11-9(13)12-8/h1-5H,(H2,11,12,13). The predicted octanol–water partition coefficient (Wildman–Crippen LogP) is 2.13. The number of benzene rings is 1. The molecule has 66 valence electrons. The third kappa shape index (κ3) is 1.72. The molecule has 1 heterocycles. The molecule has 0 bridgehead atoms. The Morgan fingerprint density at radius 1 is 1.15 bits per heavy atom. The van der Waals surface area contributed by atoms with E-state index in [1.165, 1.54) is 0 Å². The van der Waals surface area contributed by atoms with Crippen LogP contribution in [-0.2, 0) is 0 Å². The summed E-state index contributed by atoms with van der Waals surface area (Å²) in [6.45, 7) is 0. The summed E-state index contributed by atoms with van der Waals surface area (Å²) in [6.07, 6.45) is 1.66. The average Bonchev–Trinajstić information content (AvgIpc) is 2.53. The van der Waals surface area contributed by atoms with Crippen LogP contribution < -0.4 is 5.69 Å². The second kappa shape index (κ2) is 3.22. The molecule has 2 N–H and O–H groups in total. The number of H-pyrrole nitrogens is 2. The number of hydrogen-bond acceptors (Lipinski definition) is 1. The van der Waals surface area contributed by atoms with Crippen molar-refractivity contribution < 1.29 is 0 Å². The van der Waals surface area contributed by atoms with E-state index in [-0.39, 0.29) is 5.69 Å². The van der Waals surface area contributed by atoms with E-state index in [1.54, 1.807) is 6.20 Å². The Bertz CT molecular complexity index is 455. The summed E-state index contributed by atoms with van der Waals surface area (Å²) in [6, 6.07) is 7.73. The van der Waals surface area contributed by atoms with Crippen LogP contribution in [0.25, 0.3) is 11.3 Å². The van der Waals surface area contributed by atoms with Crippen molar-refractivity contribution in [1.82, 2.24) is 9.97 Å². The second-order valence-electron chi connectivity index (χ2n) is 2.66. The smallest absolute Gasteiger partial charge is 0.312 e. The van der Waals surface area contributed by atoms with Gasteiger partial charge in [0.05, 0.1) is 5.69 Å². The molecular formula is C9H7BrN2O. The number of halogens is 1. The first-order valence-corrected chi connectivity index (χ1v) is 4.58. The molecule has 0 saturated heterocycles. The van der Waals surface area contributed by atoms with Crippen LogP contribution in [-0.4, -0.2) is 9.97 Å². The molecule has 1 aromatic carbocycles. The first-order chi connectivity index (χ1) is 6.25. The fraction of sp³-hybridized carbons (Fsp3) is 0. The maximum atomic E-state index is 10.8. The Morgan fingerprint density at radius 3 is 2.38 bits per heavy atom. The number of imidazole rings is 1. The maximum absolute atomic E-state index is 10.8. The van der Waals surface area contributed by atoms with Gasteiger partial charge in [-0.15, -0.1) is 0 Å². The summed E-state index contributed by atoms with van der Waals surface area (Å²) in [7, 11) is 0. The molecule has 0 atom stereocenters. The summed E-state index contributed by atoms with van der Waals surface area (Å²) < 4.78 is 1.02. The van der Waals surface area contributed by atoms with Gasteiger partial charge in [0, 0.05) is 10.7 Å². The van der Waals surface area contributed by atoms with Crippen molar-refractivity contribution >= 4 is 15.9 Å². The minimum absolute atomic E-state index is 0.182. The third-order valence-corrected chi connectivity index (χ3v) is 2.28. The molecule has 1 aromatic heterocycles. The highest BCUT2D eigenvalue weighted by Crippen LogP contribution is 2.17. The zero-order valence-electron chi connectivity index (χ0n) is 6.67. The van der Waals surface area contributed by atoms with Crippen LogP contribution in [0.5, 0.6) is 0 Å². The fourth-order valence-electron chi connectivity index (χ4n) is 1.12. The molecule has 0 saturated carbocycles. The van der Waals surface area contributed by atoms with E-state index >= 15 is 0 Å². The number of hydrogen-bond donors (Lipinski definition) is 2. The lowest BCUT2D eigenvalue weighted by Gasteiger charge is -1.95. The van der Waals surface area contributed by atoms with E-state index in [0.29, 0.717) is 0 Å². The minimum atomic E-state index is -0.182. The molecule has 0 aliphatic carbocycles. The van der Waals surface area contributed by atoms with Crippen molar-refractivity contribution in [2.45, 2.75) is 0 Å². The first-order valence-electron chi connectivity index (χ1n) is 3.79. The van der Waals surface area contributed by atoms with Crippen molar-refractivity contribution in [3.8, 4) is 11.3 Å². The summed E-state index contributed by atoms with van der Waals surface area (Å²) >= 11 is 3.34. The highest BCUT2D eigenvalue weighted by atomic mass is 79.9. The Morgan fingerprint density at radius 2 is 1.85 bits per heavy atom. The Kier molecular flexibility index (Phi) is 2.06. The highest BCUT2D eigenvalue weighted by Gasteiger charge is 1.98. The Labute approximate surface area is 82.9 Å². The van der Waals surface area contributed by atoms with Crippen LogP contribution >= 0.6 is 15.9 Å². The van der Waals surface area contributed by atoms with Crippen molar-refractivity contribution in [3.63, 3.8) is 0 Å². The maximum Gasteiger partial charge on any atom is 0.323 e. The largest absolute Gasteiger partial charge is 0.323 e. The molecule has 0 aliphatic rings. The zero-order valence-corrected chi connectivity index (χ0v) is 8.26. The van der Waals surface area contributed by atoms with E-state index in [0.717, 1.165) is 15.7 Å². The van der Waals surface area contributed by atoms with Gasteiger partial charge in [-0.25, -0.2) is 4.79 Å². The monoisotopic (exact) mass is 238 g/mol. The Hall–Kier alpha value is -1.29. The number of aromatic nitrogens is 2. The number of nitrogens with one attached hydrogen (secondary N) is 2. The lowest BCUT2D eigenvalue weighted by molar-refractivity contribution is 1.19. The van der Waals surface area contributed by atoms with Crippen molar-refractivity contribution in [3.05, 3.63) is 45.4 Å². The van der Waals surface area contributed by atoms with Gasteiger partial charge in [0.1, 0.15) is 0 Å². The summed E-state index contributed by atoms with van der Waals surface area (Å²) in [4.78, 5) is 16.1. The van der Waals surface area contributed by atoms with Gasteiger partial charge >= 0.3 is 5.69 Å². The van der Waals surface area contributed by atoms with Gasteiger partial charge < -0.3 is 9.97 Å². The SMILES string of the molecule is O=c1[nH]cc(-c2ccc(Br)cc2)[nH]1. The third-order valence-electron chi connectivity index (χ3n) is 1.75. The van der Waals surface area contributed by atoms with Crippen LogP contribution in [0.4, 0.5) is 0 Å². The van der Waals surface area contributed by atoms with Gasteiger partial charge in [-0.1, -0.05) is 28.1 Å². The van der Waals surface area contributed by atoms with E-state index < -0.39 is 0 Å². The molecule has 3 nitrogen and oxygen atoms in total. The lowest BCUT2D eigenvalue weighted by Crippen LogP contribution is -1.99. The summed E-state index contributed by atoms with van der Waals surface area (Å²) in [5.41, 5.74) is 1.61. The molecule has 0 spiro atoms. The topological polar surface area (TPSA) is 48.6 Å². The second-order valence-corrected chi connectivity index (χ2v) is 3.58. The van der Waals surface area contributed by atoms with Gasteiger partial charge in [0.2, 0.25) is 0 Å². The molecular weight excluding hydrogens is 232 g/mol. The molecule has 2 aromatic rings. The quantitative estimate of drug-likeness (QED) is 0.786. The molecule has 0 aliphatic heterocycles. The van der Waals surface area contributed by atoms with Gasteiger partial charge in [0.25, 0.3) is 0 Å². The normalized spacial score (nSPS) is 10.2. The molecule has 4 heteroatoms. The predicted molar refractivity (Wildman–Crippen MR) is 54.5 cm³/mol. The van der Waals surface area contributed by atoms with Crippen molar-refractivity contribution in [2.75, 3.05) is 0 Å². The van der Waals surface area contributed by atoms with Crippen molar-refractivity contribution in [2.24, 2.45) is 0 Å². The van der Waals surface area contributed by atoms with E-state index in [1.807, 2.05) is 24.3 Å². The molecule has 0 unspecified atom stereocenters. The van der Waals surface area contributed by atoms with Gasteiger partial charge in [0.15, 0.2) is 0 Å². The van der Waals surface area contributed by atoms with Gasteiger partial charge in [-0.3, -0.25) is 0 Å². The van der Waals surface area contributed by atoms with E-state index in [2.05, 4.69) is 25.9 Å². The first kappa shape index (κ1) is 8.31. The minimum Gasteiger partial charge on any atom is -0.312 e. The Balaban J connectivity index is 2.47. The van der Waals surface area contributed by atoms with Gasteiger partial charge in [-0.05, 0) is 17.7 Å². The van der Waals surface area contributed by atoms with Crippen LogP contribution in [0.3, 0.4) is 0 Å². The average molecular weight is 239 g/mol. The summed E-state index contributed by atoms with van der Waals surface area (Å²) in [5, 5.41) is 0. The van der Waals surface area contributed by atoms with E-state index in [4.69, 9.17) is 0 Å². The molecule has 0 fully saturated rings. The van der Waals surface area contributed by atoms with Gasteiger partial charge in [-0.2, -0.15) is 0 Å². The van der Waals surface area contributed by atoms with Crippen LogP contribution in [0, 0.1) is 0 Å². The molecule has 13 heavy (non-hydrogen) atoms. The van der Waals surface area contributed by atoms with Crippen molar-refractivity contribution in [1.29, 1.82) is 0 Å². The fourth-order valence-corrected chi connectivity index (χ4v) is 1.38. The summed E-state index contributed by atoms with van der Waals surface area (Å²) in [5.74, 6) is 0. The number of aromatic amines is 2. The number of rotatable bonds is 1. The highest BCUT2D eigenvalue weighted by molar-refractivity contribution is 9.10. The van der Waals surface area contributed by atoms with Crippen LogP contribution in [0.2, 0.25) is 0 Å². The molecule has 2 rings (SSSR count). The van der Waals surface area contributed by atoms with Crippen LogP contribution in [0.15, 0.2) is 39.7 Å². The van der Waals surface area contributed by atoms with Crippen LogP contribution in [0.1, 0.15) is 0 Å². The molecule has 0 amide bonds. The van der Waals surface area contributed by atoms with E-state index in [9.17, 15) is 4.79 Å². The lowest BCUT2D eigenvalue weighted by atomic mass is 10.2. The zero-order chi connectivity index (χ0) is 9.26.